The monoisotopic (exact) mass is 256 g/mol. The Morgan fingerprint density at radius 3 is 2.44 bits per heavy atom. The molecule has 2 amide bonds. The van der Waals surface area contributed by atoms with E-state index in [4.69, 9.17) is 5.11 Å². The van der Waals surface area contributed by atoms with Gasteiger partial charge in [0.15, 0.2) is 0 Å². The molecule has 1 saturated carbocycles. The lowest BCUT2D eigenvalue weighted by Gasteiger charge is -2.22. The van der Waals surface area contributed by atoms with Crippen molar-refractivity contribution >= 4 is 12.0 Å². The molecule has 0 bridgehead atoms. The molecular weight excluding hydrogens is 232 g/mol. The number of carbonyl (C=O) groups is 2. The van der Waals surface area contributed by atoms with Crippen molar-refractivity contribution in [3.8, 4) is 0 Å². The summed E-state index contributed by atoms with van der Waals surface area (Å²) in [4.78, 5) is 22.6. The van der Waals surface area contributed by atoms with Crippen molar-refractivity contribution in [1.82, 2.24) is 10.6 Å². The molecule has 5 heteroatoms. The van der Waals surface area contributed by atoms with Gasteiger partial charge in [-0.3, -0.25) is 0 Å². The molecular formula is C13H24N2O3. The fourth-order valence-corrected chi connectivity index (χ4v) is 2.73. The van der Waals surface area contributed by atoms with E-state index in [0.29, 0.717) is 18.3 Å². The topological polar surface area (TPSA) is 78.4 Å². The van der Waals surface area contributed by atoms with Crippen molar-refractivity contribution in [2.75, 3.05) is 0 Å². The summed E-state index contributed by atoms with van der Waals surface area (Å²) in [5, 5.41) is 14.3. The van der Waals surface area contributed by atoms with Crippen molar-refractivity contribution in [2.45, 2.75) is 58.5 Å². The van der Waals surface area contributed by atoms with Crippen molar-refractivity contribution in [3.05, 3.63) is 0 Å². The van der Waals surface area contributed by atoms with Gasteiger partial charge in [0.2, 0.25) is 0 Å². The smallest absolute Gasteiger partial charge is 0.326 e. The zero-order valence-corrected chi connectivity index (χ0v) is 11.4. The van der Waals surface area contributed by atoms with Gasteiger partial charge in [0.05, 0.1) is 0 Å². The molecule has 0 aliphatic heterocycles. The Labute approximate surface area is 108 Å². The van der Waals surface area contributed by atoms with Crippen molar-refractivity contribution in [3.63, 3.8) is 0 Å². The molecule has 0 radical (unpaired) electrons. The second kappa shape index (κ2) is 6.61. The van der Waals surface area contributed by atoms with Crippen LogP contribution in [0.2, 0.25) is 0 Å². The Kier molecular flexibility index (Phi) is 5.44. The molecule has 1 rings (SSSR count). The largest absolute Gasteiger partial charge is 0.480 e. The first-order chi connectivity index (χ1) is 8.49. The highest BCUT2D eigenvalue weighted by atomic mass is 16.4. The normalized spacial score (nSPS) is 28.7. The van der Waals surface area contributed by atoms with Crippen LogP contribution in [-0.4, -0.2) is 29.2 Å². The Morgan fingerprint density at radius 2 is 2.00 bits per heavy atom. The lowest BCUT2D eigenvalue weighted by molar-refractivity contribution is -0.139. The average Bonchev–Trinajstić information content (AvgIpc) is 2.67. The number of hydrogen-bond donors (Lipinski definition) is 3. The summed E-state index contributed by atoms with van der Waals surface area (Å²) in [5.74, 6) is 0.140. The second-order valence-corrected chi connectivity index (χ2v) is 5.13. The van der Waals surface area contributed by atoms with Gasteiger partial charge in [-0.25, -0.2) is 9.59 Å². The maximum Gasteiger partial charge on any atom is 0.326 e. The van der Waals surface area contributed by atoms with Crippen LogP contribution < -0.4 is 10.6 Å². The average molecular weight is 256 g/mol. The molecule has 0 heterocycles. The Balaban J connectivity index is 2.43. The standard InChI is InChI=1S/C13H24N2O3/c1-4-9-6-7-11(8(9)3)15-13(18)14-10(5-2)12(16)17/h8-11H,4-7H2,1-3H3,(H,16,17)(H2,14,15,18)/t8?,9?,10-,11?/m1/s1. The fraction of sp³-hybridized carbons (Fsp3) is 0.846. The maximum atomic E-state index is 11.7. The number of carboxylic acid groups (broad SMARTS) is 1. The molecule has 5 nitrogen and oxygen atoms in total. The lowest BCUT2D eigenvalue weighted by Crippen LogP contribution is -2.49. The van der Waals surface area contributed by atoms with Gasteiger partial charge in [0, 0.05) is 6.04 Å². The van der Waals surface area contributed by atoms with Crippen LogP contribution in [0.25, 0.3) is 0 Å². The summed E-state index contributed by atoms with van der Waals surface area (Å²) < 4.78 is 0. The minimum absolute atomic E-state index is 0.168. The molecule has 0 aromatic carbocycles. The zero-order valence-electron chi connectivity index (χ0n) is 11.4. The molecule has 0 spiro atoms. The van der Waals surface area contributed by atoms with Crippen molar-refractivity contribution in [1.29, 1.82) is 0 Å². The third kappa shape index (κ3) is 3.62. The molecule has 3 N–H and O–H groups in total. The van der Waals surface area contributed by atoms with E-state index in [0.717, 1.165) is 19.3 Å². The van der Waals surface area contributed by atoms with Crippen LogP contribution in [0.5, 0.6) is 0 Å². The number of urea groups is 1. The molecule has 4 atom stereocenters. The highest BCUT2D eigenvalue weighted by Gasteiger charge is 2.32. The number of nitrogens with one attached hydrogen (secondary N) is 2. The Morgan fingerprint density at radius 1 is 1.33 bits per heavy atom. The first-order valence-corrected chi connectivity index (χ1v) is 6.79. The first kappa shape index (κ1) is 14.8. The van der Waals surface area contributed by atoms with E-state index in [9.17, 15) is 9.59 Å². The number of carbonyl (C=O) groups excluding carboxylic acids is 1. The van der Waals surface area contributed by atoms with Gasteiger partial charge in [-0.15, -0.1) is 0 Å². The molecule has 18 heavy (non-hydrogen) atoms. The quantitative estimate of drug-likeness (QED) is 0.703. The summed E-state index contributed by atoms with van der Waals surface area (Å²) >= 11 is 0. The number of hydrogen-bond acceptors (Lipinski definition) is 2. The molecule has 0 aromatic rings. The molecule has 1 aliphatic rings. The minimum Gasteiger partial charge on any atom is -0.480 e. The SMILES string of the molecule is CCC1CCC(NC(=O)N[C@H](CC)C(=O)O)C1C. The van der Waals surface area contributed by atoms with Crippen LogP contribution in [0.1, 0.15) is 46.5 Å². The molecule has 3 unspecified atom stereocenters. The van der Waals surface area contributed by atoms with E-state index in [-0.39, 0.29) is 12.1 Å². The third-order valence-corrected chi connectivity index (χ3v) is 4.08. The molecule has 0 aromatic heterocycles. The summed E-state index contributed by atoms with van der Waals surface area (Å²) in [6.07, 6.45) is 3.64. The summed E-state index contributed by atoms with van der Waals surface area (Å²) in [5.41, 5.74) is 0. The number of rotatable bonds is 5. The van der Waals surface area contributed by atoms with Crippen molar-refractivity contribution in [2.24, 2.45) is 11.8 Å². The van der Waals surface area contributed by atoms with Gasteiger partial charge < -0.3 is 15.7 Å². The maximum absolute atomic E-state index is 11.7. The van der Waals surface area contributed by atoms with Crippen LogP contribution in [0, 0.1) is 11.8 Å². The zero-order chi connectivity index (χ0) is 13.7. The first-order valence-electron chi connectivity index (χ1n) is 6.79. The molecule has 1 fully saturated rings. The van der Waals surface area contributed by atoms with Crippen LogP contribution in [0.4, 0.5) is 4.79 Å². The predicted octanol–water partition coefficient (Wildman–Crippen LogP) is 1.97. The third-order valence-electron chi connectivity index (χ3n) is 4.08. The highest BCUT2D eigenvalue weighted by molar-refractivity contribution is 5.82. The summed E-state index contributed by atoms with van der Waals surface area (Å²) in [6.45, 7) is 6.06. The van der Waals surface area contributed by atoms with E-state index >= 15 is 0 Å². The lowest BCUT2D eigenvalue weighted by atomic mass is 9.93. The van der Waals surface area contributed by atoms with E-state index < -0.39 is 12.0 Å². The van der Waals surface area contributed by atoms with E-state index in [1.165, 1.54) is 0 Å². The Hall–Kier alpha value is -1.26. The van der Waals surface area contributed by atoms with Gasteiger partial charge in [0.25, 0.3) is 0 Å². The van der Waals surface area contributed by atoms with Crippen molar-refractivity contribution < 1.29 is 14.7 Å². The van der Waals surface area contributed by atoms with Crippen LogP contribution >= 0.6 is 0 Å². The second-order valence-electron chi connectivity index (χ2n) is 5.13. The molecule has 104 valence electrons. The minimum atomic E-state index is -0.987. The van der Waals surface area contributed by atoms with Gasteiger partial charge in [0.1, 0.15) is 6.04 Å². The van der Waals surface area contributed by atoms with Crippen LogP contribution in [-0.2, 0) is 4.79 Å². The van der Waals surface area contributed by atoms with Gasteiger partial charge in [-0.05, 0) is 31.1 Å². The highest BCUT2D eigenvalue weighted by Crippen LogP contribution is 2.33. The summed E-state index contributed by atoms with van der Waals surface area (Å²) in [7, 11) is 0. The van der Waals surface area contributed by atoms with Gasteiger partial charge in [-0.2, -0.15) is 0 Å². The number of carboxylic acids is 1. The van der Waals surface area contributed by atoms with Gasteiger partial charge in [-0.1, -0.05) is 27.2 Å². The molecule has 0 saturated heterocycles. The summed E-state index contributed by atoms with van der Waals surface area (Å²) in [6, 6.07) is -0.997. The van der Waals surface area contributed by atoms with Crippen LogP contribution in [0.15, 0.2) is 0 Å². The van der Waals surface area contributed by atoms with E-state index in [1.807, 2.05) is 0 Å². The molecule has 1 aliphatic carbocycles. The fourth-order valence-electron chi connectivity index (χ4n) is 2.73. The van der Waals surface area contributed by atoms with Crippen LogP contribution in [0.3, 0.4) is 0 Å². The van der Waals surface area contributed by atoms with E-state index in [2.05, 4.69) is 24.5 Å². The van der Waals surface area contributed by atoms with E-state index in [1.54, 1.807) is 6.92 Å². The van der Waals surface area contributed by atoms with Gasteiger partial charge >= 0.3 is 12.0 Å². The Bertz CT molecular complexity index is 307. The predicted molar refractivity (Wildman–Crippen MR) is 69.3 cm³/mol. The number of amides is 2. The number of aliphatic carboxylic acids is 1.